The number of hydrogen-bond acceptors (Lipinski definition) is 5. The van der Waals surface area contributed by atoms with Crippen molar-refractivity contribution in [2.24, 2.45) is 0 Å². The molecule has 0 aliphatic carbocycles. The lowest BCUT2D eigenvalue weighted by Gasteiger charge is -2.22. The number of carboxylic acid groups (broad SMARTS) is 1. The van der Waals surface area contributed by atoms with E-state index in [1.54, 1.807) is 19.1 Å². The van der Waals surface area contributed by atoms with Gasteiger partial charge in [0.15, 0.2) is 5.65 Å². The van der Waals surface area contributed by atoms with Crippen molar-refractivity contribution in [3.63, 3.8) is 0 Å². The number of halogens is 1. The van der Waals surface area contributed by atoms with E-state index in [1.807, 2.05) is 6.07 Å². The normalized spacial score (nSPS) is 14.9. The minimum absolute atomic E-state index is 0.193. The van der Waals surface area contributed by atoms with E-state index in [9.17, 15) is 9.90 Å². The largest absolute Gasteiger partial charge is 0.478 e. The van der Waals surface area contributed by atoms with Gasteiger partial charge in [-0.25, -0.2) is 9.78 Å². The number of nitrogens with zero attached hydrogens (tertiary/aromatic N) is 3. The van der Waals surface area contributed by atoms with Gasteiger partial charge in [-0.3, -0.25) is 0 Å². The number of aryl methyl sites for hydroxylation is 1. The third-order valence-electron chi connectivity index (χ3n) is 4.95. The molecule has 3 aromatic rings. The Morgan fingerprint density at radius 3 is 2.64 bits per heavy atom. The summed E-state index contributed by atoms with van der Waals surface area (Å²) in [5.74, 6) is 0.140. The second-order valence-corrected chi connectivity index (χ2v) is 7.40. The summed E-state index contributed by atoms with van der Waals surface area (Å²) in [5.41, 5.74) is 2.05. The summed E-state index contributed by atoms with van der Waals surface area (Å²) in [5, 5.41) is 9.84. The van der Waals surface area contributed by atoms with Crippen molar-refractivity contribution in [1.82, 2.24) is 15.0 Å². The number of imidazole rings is 1. The van der Waals surface area contributed by atoms with Crippen molar-refractivity contribution < 1.29 is 14.6 Å². The molecule has 1 aliphatic heterocycles. The van der Waals surface area contributed by atoms with E-state index in [4.69, 9.17) is 16.3 Å². The summed E-state index contributed by atoms with van der Waals surface area (Å²) in [6.07, 6.45) is 4.71. The maximum absolute atomic E-state index is 11.3. The molecule has 0 saturated carbocycles. The minimum atomic E-state index is -0.997. The number of carbonyl (C=O) groups is 1. The van der Waals surface area contributed by atoms with Crippen LogP contribution >= 0.6 is 11.6 Å². The molecule has 28 heavy (non-hydrogen) atoms. The number of pyridine rings is 1. The average Bonchev–Trinajstić information content (AvgIpc) is 2.86. The standard InChI is InChI=1S/C20H21ClN4O3/c1-12-6-7-13(10-14(12)19(26)27)28-20-22-16-11-15(21)18(23-17(16)24-20)25-8-4-2-3-5-9-25/h6-7,10-11H,2-5,8-9H2,1H3,(H,26,27)(H,22,23,24). The van der Waals surface area contributed by atoms with Gasteiger partial charge in [0.25, 0.3) is 0 Å². The highest BCUT2D eigenvalue weighted by Gasteiger charge is 2.18. The van der Waals surface area contributed by atoms with Crippen LogP contribution in [0.2, 0.25) is 5.02 Å². The van der Waals surface area contributed by atoms with Crippen molar-refractivity contribution >= 4 is 34.6 Å². The summed E-state index contributed by atoms with van der Waals surface area (Å²) in [4.78, 5) is 25.6. The fourth-order valence-corrected chi connectivity index (χ4v) is 3.72. The van der Waals surface area contributed by atoms with Crippen LogP contribution in [0.4, 0.5) is 5.82 Å². The lowest BCUT2D eigenvalue weighted by molar-refractivity contribution is 0.0695. The smallest absolute Gasteiger partial charge is 0.336 e. The number of carboxylic acids is 1. The molecule has 2 N–H and O–H groups in total. The van der Waals surface area contributed by atoms with Gasteiger partial charge in [0, 0.05) is 13.1 Å². The van der Waals surface area contributed by atoms with Crippen LogP contribution in [0.1, 0.15) is 41.6 Å². The van der Waals surface area contributed by atoms with E-state index in [0.29, 0.717) is 27.5 Å². The first-order valence-electron chi connectivity index (χ1n) is 9.34. The number of aromatic amines is 1. The first kappa shape index (κ1) is 18.6. The Bertz CT molecular complexity index is 1030. The van der Waals surface area contributed by atoms with Crippen molar-refractivity contribution in [3.8, 4) is 11.8 Å². The Kier molecular flexibility index (Phi) is 5.09. The number of H-pyrrole nitrogens is 1. The fraction of sp³-hybridized carbons (Fsp3) is 0.350. The topological polar surface area (TPSA) is 91.3 Å². The van der Waals surface area contributed by atoms with Gasteiger partial charge in [-0.05, 0) is 43.5 Å². The zero-order chi connectivity index (χ0) is 19.7. The molecule has 0 radical (unpaired) electrons. The third kappa shape index (κ3) is 3.75. The number of nitrogens with one attached hydrogen (secondary N) is 1. The quantitative estimate of drug-likeness (QED) is 0.654. The summed E-state index contributed by atoms with van der Waals surface area (Å²) in [6.45, 7) is 3.62. The molecule has 3 heterocycles. The van der Waals surface area contributed by atoms with Gasteiger partial charge in [-0.1, -0.05) is 30.5 Å². The molecule has 0 bridgehead atoms. The molecule has 1 fully saturated rings. The Hall–Kier alpha value is -2.80. The number of aromatic carboxylic acids is 1. The summed E-state index contributed by atoms with van der Waals surface area (Å²) < 4.78 is 5.73. The minimum Gasteiger partial charge on any atom is -0.478 e. The molecule has 0 amide bonds. The van der Waals surface area contributed by atoms with Crippen LogP contribution in [0.5, 0.6) is 11.8 Å². The number of benzene rings is 1. The molecule has 8 heteroatoms. The predicted octanol–water partition coefficient (Wildman–Crippen LogP) is 4.79. The molecule has 1 aromatic carbocycles. The molecule has 7 nitrogen and oxygen atoms in total. The lowest BCUT2D eigenvalue weighted by atomic mass is 10.1. The second-order valence-electron chi connectivity index (χ2n) is 6.99. The van der Waals surface area contributed by atoms with Gasteiger partial charge < -0.3 is 19.7 Å². The van der Waals surface area contributed by atoms with Crippen LogP contribution in [0.3, 0.4) is 0 Å². The summed E-state index contributed by atoms with van der Waals surface area (Å²) in [6, 6.07) is 6.94. The number of fused-ring (bicyclic) bond motifs is 1. The highest BCUT2D eigenvalue weighted by atomic mass is 35.5. The van der Waals surface area contributed by atoms with Crippen LogP contribution in [0, 0.1) is 6.92 Å². The number of hydrogen-bond donors (Lipinski definition) is 2. The Morgan fingerprint density at radius 1 is 1.18 bits per heavy atom. The first-order chi connectivity index (χ1) is 13.5. The molecule has 0 unspecified atom stereocenters. The second kappa shape index (κ2) is 7.67. The third-order valence-corrected chi connectivity index (χ3v) is 5.22. The highest BCUT2D eigenvalue weighted by molar-refractivity contribution is 6.33. The van der Waals surface area contributed by atoms with Crippen molar-refractivity contribution in [2.45, 2.75) is 32.6 Å². The molecule has 2 aromatic heterocycles. The summed E-state index contributed by atoms with van der Waals surface area (Å²) >= 11 is 6.47. The SMILES string of the molecule is Cc1ccc(Oc2nc3nc(N4CCCCCC4)c(Cl)cc3[nH]2)cc1C(=O)O. The van der Waals surface area contributed by atoms with Crippen molar-refractivity contribution in [2.75, 3.05) is 18.0 Å². The highest BCUT2D eigenvalue weighted by Crippen LogP contribution is 2.30. The number of rotatable bonds is 4. The zero-order valence-electron chi connectivity index (χ0n) is 15.5. The van der Waals surface area contributed by atoms with E-state index in [0.717, 1.165) is 31.7 Å². The van der Waals surface area contributed by atoms with Crippen LogP contribution in [0.15, 0.2) is 24.3 Å². The molecular formula is C20H21ClN4O3. The summed E-state index contributed by atoms with van der Waals surface area (Å²) in [7, 11) is 0. The molecule has 1 saturated heterocycles. The Morgan fingerprint density at radius 2 is 1.93 bits per heavy atom. The maximum atomic E-state index is 11.3. The lowest BCUT2D eigenvalue weighted by Crippen LogP contribution is -2.25. The van der Waals surface area contributed by atoms with E-state index in [2.05, 4.69) is 19.9 Å². The Balaban J connectivity index is 1.63. The number of ether oxygens (including phenoxy) is 1. The van der Waals surface area contributed by atoms with Gasteiger partial charge in [0.05, 0.1) is 16.1 Å². The van der Waals surface area contributed by atoms with Gasteiger partial charge in [-0.15, -0.1) is 0 Å². The Labute approximate surface area is 167 Å². The van der Waals surface area contributed by atoms with Crippen molar-refractivity contribution in [1.29, 1.82) is 0 Å². The van der Waals surface area contributed by atoms with E-state index in [-0.39, 0.29) is 11.6 Å². The van der Waals surface area contributed by atoms with E-state index < -0.39 is 5.97 Å². The van der Waals surface area contributed by atoms with Crippen LogP contribution in [0.25, 0.3) is 11.2 Å². The monoisotopic (exact) mass is 400 g/mol. The van der Waals surface area contributed by atoms with Gasteiger partial charge >= 0.3 is 12.0 Å². The molecule has 146 valence electrons. The number of anilines is 1. The van der Waals surface area contributed by atoms with Gasteiger partial charge in [-0.2, -0.15) is 4.98 Å². The van der Waals surface area contributed by atoms with Crippen LogP contribution < -0.4 is 9.64 Å². The van der Waals surface area contributed by atoms with Crippen LogP contribution in [-0.2, 0) is 0 Å². The van der Waals surface area contributed by atoms with E-state index in [1.165, 1.54) is 18.9 Å². The van der Waals surface area contributed by atoms with Gasteiger partial charge in [0.1, 0.15) is 11.6 Å². The molecule has 0 atom stereocenters. The average molecular weight is 401 g/mol. The zero-order valence-corrected chi connectivity index (χ0v) is 16.3. The van der Waals surface area contributed by atoms with Crippen molar-refractivity contribution in [3.05, 3.63) is 40.4 Å². The molecule has 1 aliphatic rings. The molecular weight excluding hydrogens is 380 g/mol. The molecule has 0 spiro atoms. The predicted molar refractivity (Wildman–Crippen MR) is 108 cm³/mol. The molecule has 4 rings (SSSR count). The maximum Gasteiger partial charge on any atom is 0.336 e. The number of aromatic nitrogens is 3. The van der Waals surface area contributed by atoms with Crippen LogP contribution in [-0.4, -0.2) is 39.1 Å². The van der Waals surface area contributed by atoms with Gasteiger partial charge in [0.2, 0.25) is 0 Å². The fourth-order valence-electron chi connectivity index (χ4n) is 3.45. The first-order valence-corrected chi connectivity index (χ1v) is 9.72. The van der Waals surface area contributed by atoms with E-state index >= 15 is 0 Å².